The topological polar surface area (TPSA) is 46.1 Å². The molecule has 0 aromatic carbocycles. The third-order valence-corrected chi connectivity index (χ3v) is 5.49. The molecule has 2 aromatic rings. The Morgan fingerprint density at radius 1 is 1.32 bits per heavy atom. The molecule has 0 N–H and O–H groups in total. The molecule has 5 heteroatoms. The molecule has 0 spiro atoms. The van der Waals surface area contributed by atoms with Gasteiger partial charge in [0.25, 0.3) is 5.91 Å². The molecular weight excluding hydrogens is 381 g/mol. The molecule has 31 heavy (non-hydrogen) atoms. The number of allylic oxidation sites excluding steroid dienone is 5. The Morgan fingerprint density at radius 3 is 2.77 bits per heavy atom. The van der Waals surface area contributed by atoms with E-state index in [-0.39, 0.29) is 5.91 Å². The fraction of sp³-hybridized carbons (Fsp3) is 0.269. The minimum atomic E-state index is -0.409. The number of pyridine rings is 2. The standard InChI is InChI=1S/C26H26BN3O/c1-4-9-20(10-5-2)24-23(13-8-16-28-24)25(31)30-17-14-26(27,15-18-30)19-22-12-7-11-21(6-3)29-22/h3-5,7-13,16H,1,14-15,17-19H2,2H3/b10-5-,20-9+. The summed E-state index contributed by atoms with van der Waals surface area (Å²) in [5, 5.41) is -0.409. The summed E-state index contributed by atoms with van der Waals surface area (Å²) in [6, 6.07) is 9.28. The van der Waals surface area contributed by atoms with E-state index in [9.17, 15) is 4.79 Å². The number of carbonyl (C=O) groups is 1. The summed E-state index contributed by atoms with van der Waals surface area (Å²) in [6.45, 7) is 6.87. The first kappa shape index (κ1) is 22.3. The van der Waals surface area contributed by atoms with Crippen LogP contribution in [-0.4, -0.2) is 41.7 Å². The smallest absolute Gasteiger partial charge is 0.256 e. The normalized spacial score (nSPS) is 16.1. The van der Waals surface area contributed by atoms with Gasteiger partial charge in [0.15, 0.2) is 0 Å². The van der Waals surface area contributed by atoms with E-state index in [0.29, 0.717) is 49.3 Å². The lowest BCUT2D eigenvalue weighted by molar-refractivity contribution is 0.0698. The summed E-state index contributed by atoms with van der Waals surface area (Å²) in [5.74, 6) is 2.53. The summed E-state index contributed by atoms with van der Waals surface area (Å²) in [6.07, 6.45) is 16.6. The first-order valence-electron chi connectivity index (χ1n) is 10.4. The van der Waals surface area contributed by atoms with Gasteiger partial charge in [0.05, 0.1) is 19.1 Å². The zero-order valence-corrected chi connectivity index (χ0v) is 17.9. The fourth-order valence-corrected chi connectivity index (χ4v) is 3.85. The maximum Gasteiger partial charge on any atom is 0.256 e. The van der Waals surface area contributed by atoms with Crippen molar-refractivity contribution in [1.29, 1.82) is 0 Å². The van der Waals surface area contributed by atoms with E-state index in [1.54, 1.807) is 18.3 Å². The highest BCUT2D eigenvalue weighted by molar-refractivity contribution is 6.15. The van der Waals surface area contributed by atoms with E-state index < -0.39 is 5.31 Å². The lowest BCUT2D eigenvalue weighted by atomic mass is 9.60. The Labute approximate surface area is 186 Å². The van der Waals surface area contributed by atoms with E-state index in [4.69, 9.17) is 14.3 Å². The van der Waals surface area contributed by atoms with Crippen LogP contribution in [0, 0.1) is 12.3 Å². The Bertz CT molecular complexity index is 1060. The van der Waals surface area contributed by atoms with Gasteiger partial charge in [0.2, 0.25) is 0 Å². The minimum absolute atomic E-state index is 0.0305. The van der Waals surface area contributed by atoms with Crippen molar-refractivity contribution in [3.05, 3.63) is 90.1 Å². The largest absolute Gasteiger partial charge is 0.339 e. The highest BCUT2D eigenvalue weighted by Gasteiger charge is 2.33. The molecule has 1 fully saturated rings. The van der Waals surface area contributed by atoms with Gasteiger partial charge in [0.1, 0.15) is 5.69 Å². The van der Waals surface area contributed by atoms with Gasteiger partial charge in [-0.3, -0.25) is 9.78 Å². The van der Waals surface area contributed by atoms with E-state index in [2.05, 4.69) is 22.5 Å². The van der Waals surface area contributed by atoms with Crippen LogP contribution < -0.4 is 0 Å². The van der Waals surface area contributed by atoms with Crippen LogP contribution in [0.1, 0.15) is 47.2 Å². The van der Waals surface area contributed by atoms with Gasteiger partial charge in [-0.15, -0.1) is 6.42 Å². The molecule has 1 aliphatic heterocycles. The zero-order valence-electron chi connectivity index (χ0n) is 17.9. The van der Waals surface area contributed by atoms with Crippen molar-refractivity contribution >= 4 is 19.3 Å². The average Bonchev–Trinajstić information content (AvgIpc) is 2.79. The monoisotopic (exact) mass is 407 g/mol. The van der Waals surface area contributed by atoms with Gasteiger partial charge >= 0.3 is 0 Å². The fourth-order valence-electron chi connectivity index (χ4n) is 3.85. The molecule has 0 aliphatic carbocycles. The van der Waals surface area contributed by atoms with Crippen LogP contribution in [0.15, 0.2) is 67.4 Å². The van der Waals surface area contributed by atoms with Crippen LogP contribution in [0.4, 0.5) is 0 Å². The van der Waals surface area contributed by atoms with E-state index in [1.165, 1.54) is 0 Å². The quantitative estimate of drug-likeness (QED) is 0.405. The first-order valence-corrected chi connectivity index (χ1v) is 10.4. The zero-order chi connectivity index (χ0) is 22.3. The highest BCUT2D eigenvalue weighted by atomic mass is 16.2. The molecule has 1 amide bonds. The predicted molar refractivity (Wildman–Crippen MR) is 127 cm³/mol. The lowest BCUT2D eigenvalue weighted by Crippen LogP contribution is -2.41. The molecule has 1 saturated heterocycles. The molecule has 3 rings (SSSR count). The molecule has 4 nitrogen and oxygen atoms in total. The van der Waals surface area contributed by atoms with Gasteiger partial charge in [-0.05, 0) is 50.5 Å². The summed E-state index contributed by atoms with van der Waals surface area (Å²) >= 11 is 0. The second-order valence-corrected chi connectivity index (χ2v) is 7.75. The number of piperidine rings is 1. The van der Waals surface area contributed by atoms with Crippen LogP contribution in [0.5, 0.6) is 0 Å². The second-order valence-electron chi connectivity index (χ2n) is 7.75. The van der Waals surface area contributed by atoms with Gasteiger partial charge < -0.3 is 4.90 Å². The van der Waals surface area contributed by atoms with Crippen molar-refractivity contribution in [3.63, 3.8) is 0 Å². The average molecular weight is 407 g/mol. The van der Waals surface area contributed by atoms with E-state index in [0.717, 1.165) is 11.3 Å². The van der Waals surface area contributed by atoms with Crippen molar-refractivity contribution < 1.29 is 4.79 Å². The number of nitrogens with zero attached hydrogens (tertiary/aromatic N) is 3. The van der Waals surface area contributed by atoms with Crippen LogP contribution in [0.3, 0.4) is 0 Å². The van der Waals surface area contributed by atoms with Crippen LogP contribution in [0.25, 0.3) is 5.57 Å². The Balaban J connectivity index is 1.74. The van der Waals surface area contributed by atoms with Crippen LogP contribution in [0.2, 0.25) is 5.31 Å². The van der Waals surface area contributed by atoms with Crippen molar-refractivity contribution in [1.82, 2.24) is 14.9 Å². The summed E-state index contributed by atoms with van der Waals surface area (Å²) in [4.78, 5) is 24.1. The van der Waals surface area contributed by atoms with Crippen molar-refractivity contribution in [2.75, 3.05) is 13.1 Å². The molecule has 2 radical (unpaired) electrons. The van der Waals surface area contributed by atoms with Crippen LogP contribution >= 0.6 is 0 Å². The summed E-state index contributed by atoms with van der Waals surface area (Å²) in [7, 11) is 6.67. The minimum Gasteiger partial charge on any atom is -0.339 e. The van der Waals surface area contributed by atoms with Crippen molar-refractivity contribution in [2.24, 2.45) is 0 Å². The predicted octanol–water partition coefficient (Wildman–Crippen LogP) is 4.41. The molecule has 154 valence electrons. The number of aromatic nitrogens is 2. The number of rotatable bonds is 6. The van der Waals surface area contributed by atoms with E-state index >= 15 is 0 Å². The number of carbonyl (C=O) groups excluding carboxylic acids is 1. The summed E-state index contributed by atoms with van der Waals surface area (Å²) in [5.41, 5.74) is 3.60. The molecule has 2 aromatic heterocycles. The number of hydrogen-bond acceptors (Lipinski definition) is 3. The van der Waals surface area contributed by atoms with E-state index in [1.807, 2.05) is 54.3 Å². The first-order chi connectivity index (χ1) is 15.0. The molecule has 0 bridgehead atoms. The molecule has 0 saturated carbocycles. The number of hydrogen-bond donors (Lipinski definition) is 0. The van der Waals surface area contributed by atoms with Crippen molar-refractivity contribution in [2.45, 2.75) is 31.5 Å². The Hall–Kier alpha value is -3.39. The summed E-state index contributed by atoms with van der Waals surface area (Å²) < 4.78 is 0. The molecule has 0 unspecified atom stereocenters. The third kappa shape index (κ3) is 5.41. The van der Waals surface area contributed by atoms with Gasteiger partial charge in [0, 0.05) is 30.6 Å². The third-order valence-electron chi connectivity index (χ3n) is 5.49. The van der Waals surface area contributed by atoms with Gasteiger partial charge in [-0.1, -0.05) is 48.2 Å². The molecule has 3 heterocycles. The Kier molecular flexibility index (Phi) is 7.25. The molecular formula is C26H26BN3O. The lowest BCUT2D eigenvalue weighted by Gasteiger charge is -2.40. The van der Waals surface area contributed by atoms with Crippen molar-refractivity contribution in [3.8, 4) is 12.3 Å². The van der Waals surface area contributed by atoms with Gasteiger partial charge in [-0.25, -0.2) is 4.98 Å². The number of terminal acetylenes is 1. The van der Waals surface area contributed by atoms with Gasteiger partial charge in [-0.2, -0.15) is 0 Å². The second kappa shape index (κ2) is 10.1. The molecule has 0 atom stereocenters. The SMILES string of the molecule is [B]C1(Cc2cccc(C#C)n2)CCN(C(=O)c2cccnc2C(/C=C\C)=C/C=C)CC1. The number of amides is 1. The Morgan fingerprint density at radius 2 is 2.10 bits per heavy atom. The van der Waals surface area contributed by atoms with Crippen LogP contribution in [-0.2, 0) is 6.42 Å². The molecule has 1 aliphatic rings. The number of likely N-dealkylation sites (tertiary alicyclic amines) is 1. The highest BCUT2D eigenvalue weighted by Crippen LogP contribution is 2.39. The maximum atomic E-state index is 13.3. The maximum absolute atomic E-state index is 13.3.